The van der Waals surface area contributed by atoms with E-state index in [0.717, 1.165) is 16.7 Å². The standard InChI is InChI=1S/C16H21NO7S/c1-22-15(18)14-9-8-13(24-25(2,20)21)10-17(14)16(19)23-11-12-6-4-3-5-7-12/h3-7,13-14H,8-11H2,1-2H3/t13-,14-/m0/s1. The summed E-state index contributed by atoms with van der Waals surface area (Å²) in [6.07, 6.45) is 0.0429. The SMILES string of the molecule is COC(=O)[C@@H]1CC[C@H](OS(C)(=O)=O)CN1C(=O)OCc1ccccc1. The second-order valence-corrected chi connectivity index (χ2v) is 7.33. The monoisotopic (exact) mass is 371 g/mol. The van der Waals surface area contributed by atoms with Gasteiger partial charge in [-0.1, -0.05) is 30.3 Å². The molecule has 1 aromatic rings. The molecule has 1 heterocycles. The highest BCUT2D eigenvalue weighted by atomic mass is 32.2. The maximum absolute atomic E-state index is 12.4. The number of benzene rings is 1. The van der Waals surface area contributed by atoms with Crippen LogP contribution in [-0.2, 0) is 35.2 Å². The summed E-state index contributed by atoms with van der Waals surface area (Å²) < 4.78 is 37.5. The number of likely N-dealkylation sites (tertiary alicyclic amines) is 1. The van der Waals surface area contributed by atoms with Crippen molar-refractivity contribution < 1.29 is 31.7 Å². The smallest absolute Gasteiger partial charge is 0.410 e. The van der Waals surface area contributed by atoms with E-state index in [-0.39, 0.29) is 19.6 Å². The molecule has 0 saturated carbocycles. The number of carbonyl (C=O) groups is 2. The second kappa shape index (κ2) is 8.30. The van der Waals surface area contributed by atoms with Crippen molar-refractivity contribution in [3.8, 4) is 0 Å². The van der Waals surface area contributed by atoms with Gasteiger partial charge in [0.05, 0.1) is 26.0 Å². The first-order valence-corrected chi connectivity index (χ1v) is 9.55. The summed E-state index contributed by atoms with van der Waals surface area (Å²) in [5, 5.41) is 0. The molecule has 0 unspecified atom stereocenters. The van der Waals surface area contributed by atoms with E-state index in [1.807, 2.05) is 18.2 Å². The van der Waals surface area contributed by atoms with Gasteiger partial charge in [-0.05, 0) is 18.4 Å². The van der Waals surface area contributed by atoms with Crippen LogP contribution in [0.1, 0.15) is 18.4 Å². The lowest BCUT2D eigenvalue weighted by Gasteiger charge is -2.36. The highest BCUT2D eigenvalue weighted by Gasteiger charge is 2.39. The van der Waals surface area contributed by atoms with Crippen LogP contribution >= 0.6 is 0 Å². The van der Waals surface area contributed by atoms with Crippen molar-refractivity contribution in [2.24, 2.45) is 0 Å². The molecule has 9 heteroatoms. The van der Waals surface area contributed by atoms with Gasteiger partial charge < -0.3 is 9.47 Å². The Hall–Kier alpha value is -2.13. The van der Waals surface area contributed by atoms with Crippen LogP contribution in [0.15, 0.2) is 30.3 Å². The average molecular weight is 371 g/mol. The van der Waals surface area contributed by atoms with Gasteiger partial charge in [0, 0.05) is 0 Å². The Bertz CT molecular complexity index is 704. The van der Waals surface area contributed by atoms with Gasteiger partial charge in [-0.15, -0.1) is 0 Å². The molecule has 0 spiro atoms. The van der Waals surface area contributed by atoms with Crippen LogP contribution in [-0.4, -0.2) is 57.4 Å². The molecule has 1 fully saturated rings. The van der Waals surface area contributed by atoms with E-state index in [4.69, 9.17) is 13.7 Å². The average Bonchev–Trinajstić information content (AvgIpc) is 2.58. The van der Waals surface area contributed by atoms with Crippen molar-refractivity contribution in [3.05, 3.63) is 35.9 Å². The predicted molar refractivity (Wildman–Crippen MR) is 88.1 cm³/mol. The summed E-state index contributed by atoms with van der Waals surface area (Å²) in [5.74, 6) is -0.575. The molecular weight excluding hydrogens is 350 g/mol. The molecular formula is C16H21NO7S. The fourth-order valence-electron chi connectivity index (χ4n) is 2.65. The highest BCUT2D eigenvalue weighted by molar-refractivity contribution is 7.86. The van der Waals surface area contributed by atoms with Gasteiger partial charge in [-0.3, -0.25) is 9.08 Å². The summed E-state index contributed by atoms with van der Waals surface area (Å²) in [5.41, 5.74) is 0.798. The van der Waals surface area contributed by atoms with Crippen LogP contribution in [0, 0.1) is 0 Å². The molecule has 0 aliphatic carbocycles. The molecule has 1 saturated heterocycles. The summed E-state index contributed by atoms with van der Waals surface area (Å²) in [7, 11) is -2.44. The molecule has 0 N–H and O–H groups in total. The van der Waals surface area contributed by atoms with Crippen molar-refractivity contribution in [3.63, 3.8) is 0 Å². The van der Waals surface area contributed by atoms with Crippen LogP contribution in [0.2, 0.25) is 0 Å². The molecule has 0 radical (unpaired) electrons. The summed E-state index contributed by atoms with van der Waals surface area (Å²) in [6, 6.07) is 8.26. The lowest BCUT2D eigenvalue weighted by atomic mass is 10.0. The molecule has 1 aliphatic heterocycles. The van der Waals surface area contributed by atoms with E-state index >= 15 is 0 Å². The van der Waals surface area contributed by atoms with E-state index < -0.39 is 34.3 Å². The number of esters is 1. The minimum Gasteiger partial charge on any atom is -0.467 e. The predicted octanol–water partition coefficient (Wildman–Crippen LogP) is 1.31. The third kappa shape index (κ3) is 5.71. The largest absolute Gasteiger partial charge is 0.467 e. The summed E-state index contributed by atoms with van der Waals surface area (Å²) >= 11 is 0. The number of piperidine rings is 1. The molecule has 8 nitrogen and oxygen atoms in total. The zero-order valence-corrected chi connectivity index (χ0v) is 14.9. The van der Waals surface area contributed by atoms with Crippen molar-refractivity contribution in [1.82, 2.24) is 4.90 Å². The number of nitrogens with zero attached hydrogens (tertiary/aromatic N) is 1. The molecule has 2 rings (SSSR count). The third-order valence-corrected chi connectivity index (χ3v) is 4.38. The van der Waals surface area contributed by atoms with Crippen LogP contribution in [0.3, 0.4) is 0 Å². The zero-order chi connectivity index (χ0) is 18.4. The minimum atomic E-state index is -3.67. The lowest BCUT2D eigenvalue weighted by molar-refractivity contribution is -0.148. The van der Waals surface area contributed by atoms with Gasteiger partial charge in [0.2, 0.25) is 0 Å². The first-order chi connectivity index (χ1) is 11.8. The molecule has 0 bridgehead atoms. The van der Waals surface area contributed by atoms with Gasteiger partial charge >= 0.3 is 12.1 Å². The quantitative estimate of drug-likeness (QED) is 0.568. The van der Waals surface area contributed by atoms with Crippen LogP contribution in [0.4, 0.5) is 4.79 Å². The first kappa shape index (κ1) is 19.2. The second-order valence-electron chi connectivity index (χ2n) is 5.73. The van der Waals surface area contributed by atoms with Crippen LogP contribution in [0.25, 0.3) is 0 Å². The topological polar surface area (TPSA) is 99.2 Å². The Morgan fingerprint density at radius 2 is 1.88 bits per heavy atom. The molecule has 1 amide bonds. The maximum atomic E-state index is 12.4. The van der Waals surface area contributed by atoms with Gasteiger partial charge in [0.15, 0.2) is 0 Å². The number of hydrogen-bond donors (Lipinski definition) is 0. The minimum absolute atomic E-state index is 0.0433. The number of carbonyl (C=O) groups excluding carboxylic acids is 2. The van der Waals surface area contributed by atoms with E-state index in [1.165, 1.54) is 7.11 Å². The summed E-state index contributed by atoms with van der Waals surface area (Å²) in [4.78, 5) is 25.5. The van der Waals surface area contributed by atoms with Gasteiger partial charge in [0.1, 0.15) is 12.6 Å². The Morgan fingerprint density at radius 1 is 1.20 bits per heavy atom. The fraction of sp³-hybridized carbons (Fsp3) is 0.500. The lowest BCUT2D eigenvalue weighted by Crippen LogP contribution is -2.53. The molecule has 1 aromatic carbocycles. The van der Waals surface area contributed by atoms with Gasteiger partial charge in [-0.25, -0.2) is 9.59 Å². The summed E-state index contributed by atoms with van der Waals surface area (Å²) in [6.45, 7) is -0.0257. The fourth-order valence-corrected chi connectivity index (χ4v) is 3.30. The normalized spacial score (nSPS) is 20.8. The van der Waals surface area contributed by atoms with E-state index in [1.54, 1.807) is 12.1 Å². The van der Waals surface area contributed by atoms with Crippen molar-refractivity contribution >= 4 is 22.2 Å². The number of methoxy groups -OCH3 is 1. The van der Waals surface area contributed by atoms with Crippen molar-refractivity contribution in [1.29, 1.82) is 0 Å². The van der Waals surface area contributed by atoms with Gasteiger partial charge in [0.25, 0.3) is 10.1 Å². The Labute approximate surface area is 146 Å². The zero-order valence-electron chi connectivity index (χ0n) is 14.1. The number of hydrogen-bond acceptors (Lipinski definition) is 7. The first-order valence-electron chi connectivity index (χ1n) is 7.73. The Kier molecular flexibility index (Phi) is 6.38. The maximum Gasteiger partial charge on any atom is 0.410 e. The van der Waals surface area contributed by atoms with Crippen LogP contribution < -0.4 is 0 Å². The number of ether oxygens (including phenoxy) is 2. The third-order valence-electron chi connectivity index (χ3n) is 3.76. The van der Waals surface area contributed by atoms with Crippen molar-refractivity contribution in [2.75, 3.05) is 19.9 Å². The van der Waals surface area contributed by atoms with Gasteiger partial charge in [-0.2, -0.15) is 8.42 Å². The molecule has 138 valence electrons. The van der Waals surface area contributed by atoms with E-state index in [9.17, 15) is 18.0 Å². The van der Waals surface area contributed by atoms with Crippen molar-refractivity contribution in [2.45, 2.75) is 31.6 Å². The molecule has 25 heavy (non-hydrogen) atoms. The Balaban J connectivity index is 2.06. The van der Waals surface area contributed by atoms with E-state index in [2.05, 4.69) is 0 Å². The molecule has 1 aliphatic rings. The molecule has 2 atom stereocenters. The highest BCUT2D eigenvalue weighted by Crippen LogP contribution is 2.23. The van der Waals surface area contributed by atoms with Crippen LogP contribution in [0.5, 0.6) is 0 Å². The number of rotatable bonds is 5. The number of amides is 1. The molecule has 0 aromatic heterocycles. The van der Waals surface area contributed by atoms with E-state index in [0.29, 0.717) is 6.42 Å². The Morgan fingerprint density at radius 3 is 2.48 bits per heavy atom.